The minimum Gasteiger partial charge on any atom is -0.309 e. The van der Waals surface area contributed by atoms with E-state index in [1.54, 1.807) is 0 Å². The van der Waals surface area contributed by atoms with Crippen LogP contribution in [0, 0.1) is 0 Å². The van der Waals surface area contributed by atoms with Gasteiger partial charge in [-0.05, 0) is 114 Å². The monoisotopic (exact) mass is 699 g/mol. The molecule has 256 valence electrons. The number of hydrogen-bond donors (Lipinski definition) is 0. The van der Waals surface area contributed by atoms with Crippen molar-refractivity contribution in [3.63, 3.8) is 0 Å². The SMILES string of the molecule is c1ccc(-c2c3ccccc3c(-c3ccc4ccccc4c3)c3cc(-c4cncc(-c5ccc6c(c5)c5cnccc5n6-c5ccccc5)c4)ccc23)cc1. The van der Waals surface area contributed by atoms with Crippen LogP contribution in [0.3, 0.4) is 0 Å². The molecule has 3 aromatic heterocycles. The van der Waals surface area contributed by atoms with Crippen molar-refractivity contribution >= 4 is 54.1 Å². The molecule has 3 heterocycles. The van der Waals surface area contributed by atoms with Crippen LogP contribution in [-0.4, -0.2) is 14.5 Å². The molecule has 0 spiro atoms. The quantitative estimate of drug-likeness (QED) is 0.167. The largest absolute Gasteiger partial charge is 0.309 e. The molecule has 0 fully saturated rings. The topological polar surface area (TPSA) is 30.7 Å². The van der Waals surface area contributed by atoms with E-state index < -0.39 is 0 Å². The van der Waals surface area contributed by atoms with Crippen molar-refractivity contribution in [1.82, 2.24) is 14.5 Å². The number of fused-ring (bicyclic) bond motifs is 6. The zero-order chi connectivity index (χ0) is 36.3. The standard InChI is InChI=1S/C52H33N3/c1-3-12-35(13-4-1)51-43-17-9-10-18-44(43)52(39-20-19-34-11-7-8-14-36(34)27-39)47-30-37(21-23-45(47)51)40-28-41(32-54-31-40)38-22-24-49-46(29-38)48-33-53-26-25-50(48)55(49)42-15-5-2-6-16-42/h1-33H. The Morgan fingerprint density at radius 2 is 0.909 bits per heavy atom. The summed E-state index contributed by atoms with van der Waals surface area (Å²) in [7, 11) is 0. The Morgan fingerprint density at radius 3 is 1.69 bits per heavy atom. The number of pyridine rings is 2. The van der Waals surface area contributed by atoms with E-state index >= 15 is 0 Å². The predicted molar refractivity (Wildman–Crippen MR) is 231 cm³/mol. The molecule has 0 N–H and O–H groups in total. The van der Waals surface area contributed by atoms with Gasteiger partial charge in [0.2, 0.25) is 0 Å². The molecular weight excluding hydrogens is 667 g/mol. The van der Waals surface area contributed by atoms with Crippen LogP contribution in [0.25, 0.3) is 104 Å². The van der Waals surface area contributed by atoms with E-state index in [4.69, 9.17) is 4.98 Å². The van der Waals surface area contributed by atoms with Crippen molar-refractivity contribution in [3.05, 3.63) is 201 Å². The number of rotatable bonds is 5. The fourth-order valence-corrected chi connectivity index (χ4v) is 8.59. The highest BCUT2D eigenvalue weighted by molar-refractivity contribution is 6.22. The summed E-state index contributed by atoms with van der Waals surface area (Å²) in [6.45, 7) is 0. The highest BCUT2D eigenvalue weighted by atomic mass is 15.0. The normalized spacial score (nSPS) is 11.6. The molecule has 0 radical (unpaired) electrons. The van der Waals surface area contributed by atoms with Crippen molar-refractivity contribution in [2.45, 2.75) is 0 Å². The number of para-hydroxylation sites is 1. The number of aromatic nitrogens is 3. The molecule has 3 nitrogen and oxygen atoms in total. The van der Waals surface area contributed by atoms with Crippen LogP contribution in [0.1, 0.15) is 0 Å². The van der Waals surface area contributed by atoms with Gasteiger partial charge in [-0.25, -0.2) is 0 Å². The molecule has 0 aliphatic carbocycles. The van der Waals surface area contributed by atoms with Crippen molar-refractivity contribution in [3.8, 4) is 50.2 Å². The average molecular weight is 700 g/mol. The van der Waals surface area contributed by atoms with Crippen LogP contribution >= 0.6 is 0 Å². The Kier molecular flexibility index (Phi) is 7.17. The first-order valence-electron chi connectivity index (χ1n) is 18.7. The van der Waals surface area contributed by atoms with Gasteiger partial charge < -0.3 is 4.57 Å². The highest BCUT2D eigenvalue weighted by Crippen LogP contribution is 2.45. The first kappa shape index (κ1) is 31.2. The smallest absolute Gasteiger partial charge is 0.0571 e. The molecule has 55 heavy (non-hydrogen) atoms. The lowest BCUT2D eigenvalue weighted by Crippen LogP contribution is -1.93. The zero-order valence-corrected chi connectivity index (χ0v) is 29.9. The van der Waals surface area contributed by atoms with Gasteiger partial charge in [0, 0.05) is 52.4 Å². The fourth-order valence-electron chi connectivity index (χ4n) is 8.59. The van der Waals surface area contributed by atoms with Crippen molar-refractivity contribution in [2.75, 3.05) is 0 Å². The second kappa shape index (κ2) is 12.6. The molecule has 11 aromatic rings. The summed E-state index contributed by atoms with van der Waals surface area (Å²) in [6.07, 6.45) is 7.81. The summed E-state index contributed by atoms with van der Waals surface area (Å²) in [5.74, 6) is 0. The van der Waals surface area contributed by atoms with Crippen LogP contribution in [0.2, 0.25) is 0 Å². The maximum absolute atomic E-state index is 4.82. The molecule has 8 aromatic carbocycles. The molecular formula is C52H33N3. The molecule has 0 saturated heterocycles. The van der Waals surface area contributed by atoms with E-state index in [9.17, 15) is 0 Å². The van der Waals surface area contributed by atoms with Crippen LogP contribution in [0.5, 0.6) is 0 Å². The summed E-state index contributed by atoms with van der Waals surface area (Å²) < 4.78 is 2.32. The minimum absolute atomic E-state index is 1.07. The molecule has 0 saturated carbocycles. The Hall–Kier alpha value is -7.36. The second-order valence-corrected chi connectivity index (χ2v) is 14.2. The van der Waals surface area contributed by atoms with Gasteiger partial charge in [0.15, 0.2) is 0 Å². The van der Waals surface area contributed by atoms with Crippen LogP contribution < -0.4 is 0 Å². The minimum atomic E-state index is 1.07. The van der Waals surface area contributed by atoms with Crippen LogP contribution in [-0.2, 0) is 0 Å². The van der Waals surface area contributed by atoms with E-state index in [1.165, 1.54) is 60.0 Å². The second-order valence-electron chi connectivity index (χ2n) is 14.2. The molecule has 0 atom stereocenters. The van der Waals surface area contributed by atoms with Gasteiger partial charge in [0.05, 0.1) is 11.0 Å². The van der Waals surface area contributed by atoms with E-state index in [-0.39, 0.29) is 0 Å². The lowest BCUT2D eigenvalue weighted by Gasteiger charge is -2.19. The van der Waals surface area contributed by atoms with Gasteiger partial charge in [0.25, 0.3) is 0 Å². The third-order valence-corrected chi connectivity index (χ3v) is 11.1. The van der Waals surface area contributed by atoms with Crippen molar-refractivity contribution < 1.29 is 0 Å². The first-order valence-corrected chi connectivity index (χ1v) is 18.7. The third kappa shape index (κ3) is 5.13. The first-order chi connectivity index (χ1) is 27.3. The lowest BCUT2D eigenvalue weighted by molar-refractivity contribution is 1.17. The number of hydrogen-bond acceptors (Lipinski definition) is 2. The van der Waals surface area contributed by atoms with Gasteiger partial charge in [-0.2, -0.15) is 0 Å². The van der Waals surface area contributed by atoms with E-state index in [2.05, 4.69) is 185 Å². The summed E-state index contributed by atoms with van der Waals surface area (Å²) in [5, 5.41) is 9.71. The summed E-state index contributed by atoms with van der Waals surface area (Å²) in [4.78, 5) is 9.34. The molecule has 0 unspecified atom stereocenters. The Balaban J connectivity index is 1.11. The zero-order valence-electron chi connectivity index (χ0n) is 29.9. The number of nitrogens with zero attached hydrogens (tertiary/aromatic N) is 3. The number of benzene rings is 8. The average Bonchev–Trinajstić information content (AvgIpc) is 3.59. The van der Waals surface area contributed by atoms with Crippen LogP contribution in [0.15, 0.2) is 201 Å². The molecule has 3 heteroatoms. The highest BCUT2D eigenvalue weighted by Gasteiger charge is 2.19. The molecule has 11 rings (SSSR count). The Labute approximate surface area is 318 Å². The van der Waals surface area contributed by atoms with Gasteiger partial charge >= 0.3 is 0 Å². The lowest BCUT2D eigenvalue weighted by atomic mass is 9.84. The predicted octanol–water partition coefficient (Wildman–Crippen LogP) is 13.7. The Morgan fingerprint density at radius 1 is 0.309 bits per heavy atom. The molecule has 0 aliphatic rings. The van der Waals surface area contributed by atoms with E-state index in [1.807, 2.05) is 24.8 Å². The van der Waals surface area contributed by atoms with Gasteiger partial charge in [-0.15, -0.1) is 0 Å². The summed E-state index contributed by atoms with van der Waals surface area (Å²) in [6, 6.07) is 63.7. The van der Waals surface area contributed by atoms with E-state index in [0.717, 1.165) is 44.4 Å². The van der Waals surface area contributed by atoms with Crippen LogP contribution in [0.4, 0.5) is 0 Å². The summed E-state index contributed by atoms with van der Waals surface area (Å²) >= 11 is 0. The molecule has 0 bridgehead atoms. The van der Waals surface area contributed by atoms with Crippen molar-refractivity contribution in [1.29, 1.82) is 0 Å². The maximum atomic E-state index is 4.82. The maximum Gasteiger partial charge on any atom is 0.0571 e. The molecule has 0 aliphatic heterocycles. The Bertz CT molecular complexity index is 3250. The van der Waals surface area contributed by atoms with E-state index in [0.29, 0.717) is 0 Å². The molecule has 0 amide bonds. The van der Waals surface area contributed by atoms with Gasteiger partial charge in [-0.1, -0.05) is 127 Å². The van der Waals surface area contributed by atoms with Gasteiger partial charge in [0.1, 0.15) is 0 Å². The summed E-state index contributed by atoms with van der Waals surface area (Å²) in [5.41, 5.74) is 12.7. The third-order valence-electron chi connectivity index (χ3n) is 11.1. The fraction of sp³-hybridized carbons (Fsp3) is 0. The van der Waals surface area contributed by atoms with Crippen molar-refractivity contribution in [2.24, 2.45) is 0 Å². The van der Waals surface area contributed by atoms with Gasteiger partial charge in [-0.3, -0.25) is 9.97 Å².